The van der Waals surface area contributed by atoms with Crippen LogP contribution in [0.25, 0.3) is 0 Å². The smallest absolute Gasteiger partial charge is 0.143 e. The first kappa shape index (κ1) is 9.58. The van der Waals surface area contributed by atoms with Crippen LogP contribution in [0.1, 0.15) is 11.1 Å². The molecule has 0 amide bonds. The molecule has 1 aromatic heterocycles. The number of aryl methyl sites for hydroxylation is 2. The number of anilines is 3. The van der Waals surface area contributed by atoms with Gasteiger partial charge in [-0.25, -0.2) is 0 Å². The third-order valence-electron chi connectivity index (χ3n) is 2.17. The Morgan fingerprint density at radius 1 is 1.20 bits per heavy atom. The number of aromatic amines is 1. The number of aromatic nitrogens is 2. The molecule has 0 saturated heterocycles. The van der Waals surface area contributed by atoms with Gasteiger partial charge in [0.1, 0.15) is 11.5 Å². The molecule has 0 atom stereocenters. The van der Waals surface area contributed by atoms with Crippen LogP contribution in [0.4, 0.5) is 17.2 Å². The van der Waals surface area contributed by atoms with Crippen LogP contribution in [-0.4, -0.2) is 10.2 Å². The normalized spacial score (nSPS) is 10.3. The molecule has 78 valence electrons. The summed E-state index contributed by atoms with van der Waals surface area (Å²) in [5.74, 6) is 0.550. The van der Waals surface area contributed by atoms with Crippen molar-refractivity contribution in [2.24, 2.45) is 0 Å². The van der Waals surface area contributed by atoms with Gasteiger partial charge >= 0.3 is 0 Å². The summed E-state index contributed by atoms with van der Waals surface area (Å²) in [5.41, 5.74) is 9.96. The van der Waals surface area contributed by atoms with Gasteiger partial charge in [-0.15, -0.1) is 0 Å². The highest BCUT2D eigenvalue weighted by molar-refractivity contribution is 5.69. The number of benzene rings is 1. The second-order valence-corrected chi connectivity index (χ2v) is 3.70. The Labute approximate surface area is 88.5 Å². The van der Waals surface area contributed by atoms with E-state index in [0.717, 1.165) is 11.4 Å². The molecular formula is C11H14N4. The molecule has 0 bridgehead atoms. The fraction of sp³-hybridized carbons (Fsp3) is 0.182. The highest BCUT2D eigenvalue weighted by Gasteiger charge is 2.01. The molecule has 0 radical (unpaired) electrons. The average Bonchev–Trinajstić information content (AvgIpc) is 2.50. The molecule has 15 heavy (non-hydrogen) atoms. The third kappa shape index (κ3) is 2.10. The van der Waals surface area contributed by atoms with E-state index in [-0.39, 0.29) is 0 Å². The largest absolute Gasteiger partial charge is 0.382 e. The van der Waals surface area contributed by atoms with Crippen molar-refractivity contribution in [3.05, 3.63) is 35.5 Å². The van der Waals surface area contributed by atoms with Crippen molar-refractivity contribution >= 4 is 17.2 Å². The lowest BCUT2D eigenvalue weighted by molar-refractivity contribution is 1.10. The van der Waals surface area contributed by atoms with E-state index in [1.165, 1.54) is 11.1 Å². The number of nitrogens with two attached hydrogens (primary N) is 1. The molecule has 0 fully saturated rings. The third-order valence-corrected chi connectivity index (χ3v) is 2.17. The van der Waals surface area contributed by atoms with Crippen LogP contribution in [0.3, 0.4) is 0 Å². The summed E-state index contributed by atoms with van der Waals surface area (Å²) in [4.78, 5) is 0. The number of rotatable bonds is 2. The Hall–Kier alpha value is -1.97. The van der Waals surface area contributed by atoms with Gasteiger partial charge in [0.25, 0.3) is 0 Å². The summed E-state index contributed by atoms with van der Waals surface area (Å²) >= 11 is 0. The van der Waals surface area contributed by atoms with Gasteiger partial charge < -0.3 is 11.1 Å². The minimum Gasteiger partial charge on any atom is -0.382 e. The molecule has 0 saturated carbocycles. The Bertz CT molecular complexity index is 453. The Balaban J connectivity index is 2.28. The summed E-state index contributed by atoms with van der Waals surface area (Å²) in [7, 11) is 0. The van der Waals surface area contributed by atoms with Crippen LogP contribution >= 0.6 is 0 Å². The maximum Gasteiger partial charge on any atom is 0.143 e. The Morgan fingerprint density at radius 3 is 2.40 bits per heavy atom. The minimum absolute atomic E-state index is 0.550. The second-order valence-electron chi connectivity index (χ2n) is 3.70. The summed E-state index contributed by atoms with van der Waals surface area (Å²) in [5, 5.41) is 9.75. The Morgan fingerprint density at radius 2 is 1.87 bits per heavy atom. The van der Waals surface area contributed by atoms with Gasteiger partial charge in [-0.2, -0.15) is 5.10 Å². The molecule has 2 aromatic rings. The fourth-order valence-corrected chi connectivity index (χ4v) is 1.60. The number of nitrogens with one attached hydrogen (secondary N) is 2. The monoisotopic (exact) mass is 202 g/mol. The van der Waals surface area contributed by atoms with Crippen molar-refractivity contribution in [3.8, 4) is 0 Å². The zero-order valence-corrected chi connectivity index (χ0v) is 8.83. The molecule has 0 aliphatic carbocycles. The van der Waals surface area contributed by atoms with Gasteiger partial charge in [0.2, 0.25) is 0 Å². The molecule has 1 heterocycles. The van der Waals surface area contributed by atoms with Crippen LogP contribution in [0.15, 0.2) is 24.4 Å². The number of hydrogen-bond donors (Lipinski definition) is 3. The van der Waals surface area contributed by atoms with Crippen molar-refractivity contribution in [3.63, 3.8) is 0 Å². The highest BCUT2D eigenvalue weighted by atomic mass is 15.2. The molecule has 4 nitrogen and oxygen atoms in total. The average molecular weight is 202 g/mol. The molecule has 4 heteroatoms. The van der Waals surface area contributed by atoms with E-state index in [0.29, 0.717) is 5.82 Å². The summed E-state index contributed by atoms with van der Waals surface area (Å²) in [6, 6.07) is 6.27. The molecule has 0 aliphatic heterocycles. The molecule has 2 rings (SSSR count). The van der Waals surface area contributed by atoms with Crippen LogP contribution in [-0.2, 0) is 0 Å². The molecule has 0 spiro atoms. The number of hydrogen-bond acceptors (Lipinski definition) is 3. The molecular weight excluding hydrogens is 188 g/mol. The van der Waals surface area contributed by atoms with Crippen molar-refractivity contribution in [1.29, 1.82) is 0 Å². The Kier molecular flexibility index (Phi) is 2.33. The van der Waals surface area contributed by atoms with E-state index in [2.05, 4.69) is 47.6 Å². The van der Waals surface area contributed by atoms with Crippen LogP contribution in [0.5, 0.6) is 0 Å². The molecule has 4 N–H and O–H groups in total. The topological polar surface area (TPSA) is 66.7 Å². The van der Waals surface area contributed by atoms with Gasteiger partial charge in [0, 0.05) is 5.69 Å². The number of nitrogen functional groups attached to an aromatic ring is 1. The zero-order chi connectivity index (χ0) is 10.8. The summed E-state index contributed by atoms with van der Waals surface area (Å²) < 4.78 is 0. The van der Waals surface area contributed by atoms with Gasteiger partial charge in [0.15, 0.2) is 0 Å². The van der Waals surface area contributed by atoms with E-state index in [9.17, 15) is 0 Å². The summed E-state index contributed by atoms with van der Waals surface area (Å²) in [6.07, 6.45) is 1.67. The minimum atomic E-state index is 0.550. The van der Waals surface area contributed by atoms with Crippen molar-refractivity contribution in [1.82, 2.24) is 10.2 Å². The van der Waals surface area contributed by atoms with E-state index in [4.69, 9.17) is 5.73 Å². The SMILES string of the molecule is Cc1cc(C)cc(Nc2cn[nH]c2N)c1. The molecule has 0 aliphatic rings. The van der Waals surface area contributed by atoms with Crippen molar-refractivity contribution < 1.29 is 0 Å². The first-order valence-electron chi connectivity index (χ1n) is 4.79. The van der Waals surface area contributed by atoms with Crippen LogP contribution in [0, 0.1) is 13.8 Å². The van der Waals surface area contributed by atoms with E-state index in [1.807, 2.05) is 0 Å². The van der Waals surface area contributed by atoms with Gasteiger partial charge in [0.05, 0.1) is 6.20 Å². The van der Waals surface area contributed by atoms with Gasteiger partial charge in [-0.3, -0.25) is 5.10 Å². The fourth-order valence-electron chi connectivity index (χ4n) is 1.60. The number of nitrogens with zero attached hydrogens (tertiary/aromatic N) is 1. The zero-order valence-electron chi connectivity index (χ0n) is 8.83. The van der Waals surface area contributed by atoms with E-state index >= 15 is 0 Å². The lowest BCUT2D eigenvalue weighted by Crippen LogP contribution is -1.94. The lowest BCUT2D eigenvalue weighted by Gasteiger charge is -2.07. The second kappa shape index (κ2) is 3.65. The standard InChI is InChI=1S/C11H14N4/c1-7-3-8(2)5-9(4-7)14-10-6-13-15-11(10)12/h3-6,14H,1-2H3,(H3,12,13,15). The van der Waals surface area contributed by atoms with Gasteiger partial charge in [-0.1, -0.05) is 6.07 Å². The maximum absolute atomic E-state index is 5.68. The quantitative estimate of drug-likeness (QED) is 0.700. The highest BCUT2D eigenvalue weighted by Crippen LogP contribution is 2.22. The van der Waals surface area contributed by atoms with Crippen LogP contribution in [0.2, 0.25) is 0 Å². The number of H-pyrrole nitrogens is 1. The maximum atomic E-state index is 5.68. The van der Waals surface area contributed by atoms with Crippen molar-refractivity contribution in [2.45, 2.75) is 13.8 Å². The van der Waals surface area contributed by atoms with E-state index < -0.39 is 0 Å². The molecule has 0 unspecified atom stereocenters. The summed E-state index contributed by atoms with van der Waals surface area (Å²) in [6.45, 7) is 4.13. The molecule has 1 aromatic carbocycles. The van der Waals surface area contributed by atoms with Crippen LogP contribution < -0.4 is 11.1 Å². The lowest BCUT2D eigenvalue weighted by atomic mass is 10.1. The van der Waals surface area contributed by atoms with E-state index in [1.54, 1.807) is 6.20 Å². The first-order valence-corrected chi connectivity index (χ1v) is 4.79. The predicted octanol–water partition coefficient (Wildman–Crippen LogP) is 2.35. The van der Waals surface area contributed by atoms with Gasteiger partial charge in [-0.05, 0) is 37.1 Å². The first-order chi connectivity index (χ1) is 7.15. The van der Waals surface area contributed by atoms with Crippen molar-refractivity contribution in [2.75, 3.05) is 11.1 Å². The predicted molar refractivity (Wildman–Crippen MR) is 62.2 cm³/mol.